The molecule has 1 unspecified atom stereocenters. The van der Waals surface area contributed by atoms with Crippen LogP contribution in [0, 0.1) is 0 Å². The Bertz CT molecular complexity index is 1270. The fourth-order valence-electron chi connectivity index (χ4n) is 4.00. The van der Waals surface area contributed by atoms with Crippen LogP contribution in [0.1, 0.15) is 18.5 Å². The van der Waals surface area contributed by atoms with E-state index in [1.54, 1.807) is 0 Å². The van der Waals surface area contributed by atoms with Gasteiger partial charge in [0.1, 0.15) is 28.7 Å². The highest BCUT2D eigenvalue weighted by atomic mass is 32.2. The van der Waals surface area contributed by atoms with E-state index in [4.69, 9.17) is 5.73 Å². The number of sulfone groups is 1. The highest BCUT2D eigenvalue weighted by Gasteiger charge is 2.54. The molecule has 2 atom stereocenters. The summed E-state index contributed by atoms with van der Waals surface area (Å²) in [5.41, 5.74) is 4.63. The summed E-state index contributed by atoms with van der Waals surface area (Å²) in [6.45, 7) is 0.318. The molecule has 5 N–H and O–H groups in total. The minimum Gasteiger partial charge on any atom is -0.477 e. The SMILES string of the molecule is Nc1nc(/C(=N/O)C(=O)NC2C(=O)N3C(C(=O)O)=C(CS(=O)(=O)CN4CCCC4=O)CS[C@H]23)cs1. The summed E-state index contributed by atoms with van der Waals surface area (Å²) in [7, 11) is -3.87. The molecule has 4 heterocycles. The molecule has 0 spiro atoms. The summed E-state index contributed by atoms with van der Waals surface area (Å²) in [5.74, 6) is -4.58. The van der Waals surface area contributed by atoms with Gasteiger partial charge in [-0.1, -0.05) is 5.16 Å². The highest BCUT2D eigenvalue weighted by molar-refractivity contribution is 8.00. The number of nitrogens with one attached hydrogen (secondary N) is 1. The Morgan fingerprint density at radius 2 is 2.09 bits per heavy atom. The molecule has 2 fully saturated rings. The molecule has 0 radical (unpaired) electrons. The van der Waals surface area contributed by atoms with Crippen molar-refractivity contribution in [1.82, 2.24) is 20.1 Å². The number of carbonyl (C=O) groups is 4. The lowest BCUT2D eigenvalue weighted by molar-refractivity contribution is -0.150. The lowest BCUT2D eigenvalue weighted by atomic mass is 10.0. The molecule has 2 saturated heterocycles. The van der Waals surface area contributed by atoms with Crippen LogP contribution in [0.5, 0.6) is 0 Å². The van der Waals surface area contributed by atoms with Crippen molar-refractivity contribution in [2.75, 3.05) is 29.7 Å². The number of likely N-dealkylation sites (tertiary alicyclic amines) is 1. The quantitative estimate of drug-likeness (QED) is 0.130. The van der Waals surface area contributed by atoms with E-state index >= 15 is 0 Å². The maximum Gasteiger partial charge on any atom is 0.352 e. The number of β-lactam (4-membered cyclic amide) rings is 1. The van der Waals surface area contributed by atoms with E-state index in [1.165, 1.54) is 10.3 Å². The number of thioether (sulfide) groups is 1. The number of rotatable bonds is 8. The van der Waals surface area contributed by atoms with Gasteiger partial charge in [-0.15, -0.1) is 23.1 Å². The van der Waals surface area contributed by atoms with Gasteiger partial charge in [0.05, 0.1) is 5.75 Å². The monoisotopic (exact) mass is 544 g/mol. The van der Waals surface area contributed by atoms with Crippen LogP contribution in [-0.2, 0) is 29.0 Å². The van der Waals surface area contributed by atoms with Gasteiger partial charge in [-0.3, -0.25) is 19.3 Å². The molecule has 1 aromatic heterocycles. The number of aliphatic carboxylic acids is 1. The summed E-state index contributed by atoms with van der Waals surface area (Å²) < 4.78 is 25.3. The molecule has 14 nitrogen and oxygen atoms in total. The predicted molar refractivity (Wildman–Crippen MR) is 124 cm³/mol. The molecular formula is C18H20N6O8S3. The molecule has 0 aliphatic carbocycles. The second-order valence-electron chi connectivity index (χ2n) is 7.92. The average Bonchev–Trinajstić information content (AvgIpc) is 3.39. The van der Waals surface area contributed by atoms with Gasteiger partial charge in [0.2, 0.25) is 5.91 Å². The topological polar surface area (TPSA) is 213 Å². The van der Waals surface area contributed by atoms with Crippen molar-refractivity contribution in [1.29, 1.82) is 0 Å². The lowest BCUT2D eigenvalue weighted by Gasteiger charge is -2.49. The number of hydrogen-bond donors (Lipinski definition) is 4. The van der Waals surface area contributed by atoms with Crippen molar-refractivity contribution < 1.29 is 37.9 Å². The summed E-state index contributed by atoms with van der Waals surface area (Å²) in [4.78, 5) is 55.1. The van der Waals surface area contributed by atoms with Gasteiger partial charge in [-0.2, -0.15) is 0 Å². The number of fused-ring (bicyclic) bond motifs is 1. The third-order valence-electron chi connectivity index (χ3n) is 5.53. The molecule has 0 bridgehead atoms. The molecule has 0 aromatic carbocycles. The van der Waals surface area contributed by atoms with Crippen molar-refractivity contribution in [3.63, 3.8) is 0 Å². The van der Waals surface area contributed by atoms with Gasteiger partial charge in [0.25, 0.3) is 11.8 Å². The summed E-state index contributed by atoms with van der Waals surface area (Å²) in [6, 6.07) is -1.13. The highest BCUT2D eigenvalue weighted by Crippen LogP contribution is 2.40. The first-order valence-corrected chi connectivity index (χ1v) is 13.9. The van der Waals surface area contributed by atoms with Crippen molar-refractivity contribution in [2.24, 2.45) is 5.16 Å². The first-order valence-electron chi connectivity index (χ1n) is 10.1. The van der Waals surface area contributed by atoms with E-state index in [9.17, 15) is 37.9 Å². The Kier molecular flexibility index (Phi) is 6.74. The first-order chi connectivity index (χ1) is 16.5. The second-order valence-corrected chi connectivity index (χ2v) is 11.9. The fourth-order valence-corrected chi connectivity index (χ4v) is 7.63. The Hall–Kier alpha value is -3.18. The van der Waals surface area contributed by atoms with Gasteiger partial charge in [0.15, 0.2) is 20.7 Å². The number of amides is 3. The van der Waals surface area contributed by atoms with Crippen molar-refractivity contribution in [3.05, 3.63) is 22.3 Å². The van der Waals surface area contributed by atoms with E-state index in [1.807, 2.05) is 0 Å². The number of carboxylic acid groups (broad SMARTS) is 1. The van der Waals surface area contributed by atoms with Crippen LogP contribution in [0.3, 0.4) is 0 Å². The summed E-state index contributed by atoms with van der Waals surface area (Å²) >= 11 is 2.10. The number of nitrogens with two attached hydrogens (primary N) is 1. The predicted octanol–water partition coefficient (Wildman–Crippen LogP) is -1.36. The molecule has 3 aliphatic heterocycles. The molecule has 3 aliphatic rings. The summed E-state index contributed by atoms with van der Waals surface area (Å²) in [5, 5.41) is 25.0. The molecule has 188 valence electrons. The number of nitrogens with zero attached hydrogens (tertiary/aromatic N) is 4. The molecule has 17 heteroatoms. The van der Waals surface area contributed by atoms with Crippen LogP contribution >= 0.6 is 23.1 Å². The fraction of sp³-hybridized carbons (Fsp3) is 0.444. The number of thiazole rings is 1. The number of nitrogen functional groups attached to an aromatic ring is 1. The Labute approximate surface area is 206 Å². The number of carbonyl (C=O) groups excluding carboxylic acids is 3. The van der Waals surface area contributed by atoms with Crippen molar-refractivity contribution in [3.8, 4) is 0 Å². The van der Waals surface area contributed by atoms with E-state index in [0.717, 1.165) is 28.0 Å². The van der Waals surface area contributed by atoms with Gasteiger partial charge >= 0.3 is 5.97 Å². The molecule has 0 saturated carbocycles. The zero-order valence-corrected chi connectivity index (χ0v) is 20.4. The van der Waals surface area contributed by atoms with E-state index in [-0.39, 0.29) is 34.5 Å². The van der Waals surface area contributed by atoms with Crippen molar-refractivity contribution >= 4 is 67.5 Å². The van der Waals surface area contributed by atoms with E-state index in [2.05, 4.69) is 15.5 Å². The molecular weight excluding hydrogens is 524 g/mol. The first kappa shape index (κ1) is 24.9. The molecule has 1 aromatic rings. The van der Waals surface area contributed by atoms with Gasteiger partial charge in [-0.25, -0.2) is 18.2 Å². The van der Waals surface area contributed by atoms with Crippen LogP contribution < -0.4 is 11.1 Å². The Balaban J connectivity index is 1.49. The number of carboxylic acids is 1. The minimum absolute atomic E-state index is 0.00234. The molecule has 3 amide bonds. The number of oxime groups is 1. The minimum atomic E-state index is -3.87. The standard InChI is InChI=1S/C18H20N6O8S3/c19-18-20-9(5-34-18)11(22-30)14(26)21-12-15(27)24-13(17(28)29)8(4-33-16(12)24)6-35(31,32)7-23-3-1-2-10(23)25/h5,12,16,30H,1-4,6-7H2,(H2,19,20)(H,21,26)(H,28,29)/b22-11-/t12?,16-/m1/s1. The second kappa shape index (κ2) is 9.46. The number of anilines is 1. The van der Waals surface area contributed by atoms with Gasteiger partial charge in [0, 0.05) is 24.1 Å². The largest absolute Gasteiger partial charge is 0.477 e. The Morgan fingerprint density at radius 3 is 2.66 bits per heavy atom. The maximum atomic E-state index is 12.8. The number of hydrogen-bond acceptors (Lipinski definition) is 12. The van der Waals surface area contributed by atoms with Gasteiger partial charge in [-0.05, 0) is 12.0 Å². The number of aromatic nitrogens is 1. The van der Waals surface area contributed by atoms with Crippen molar-refractivity contribution in [2.45, 2.75) is 24.3 Å². The van der Waals surface area contributed by atoms with Crippen LogP contribution in [0.15, 0.2) is 21.8 Å². The van der Waals surface area contributed by atoms with E-state index < -0.39 is 62.1 Å². The third kappa shape index (κ3) is 4.83. The smallest absolute Gasteiger partial charge is 0.352 e. The zero-order chi connectivity index (χ0) is 25.5. The molecule has 4 rings (SSSR count). The van der Waals surface area contributed by atoms with Crippen LogP contribution in [0.2, 0.25) is 0 Å². The zero-order valence-electron chi connectivity index (χ0n) is 17.9. The maximum absolute atomic E-state index is 12.8. The van der Waals surface area contributed by atoms with Crippen LogP contribution in [-0.4, -0.2) is 98.3 Å². The van der Waals surface area contributed by atoms with Crippen LogP contribution in [0.4, 0.5) is 5.13 Å². The summed E-state index contributed by atoms with van der Waals surface area (Å²) in [6.07, 6.45) is 0.826. The Morgan fingerprint density at radius 1 is 1.34 bits per heavy atom. The normalized spacial score (nSPS) is 22.8. The molecule has 35 heavy (non-hydrogen) atoms. The van der Waals surface area contributed by atoms with E-state index in [0.29, 0.717) is 13.0 Å². The lowest BCUT2D eigenvalue weighted by Crippen LogP contribution is -2.71. The average molecular weight is 545 g/mol. The third-order valence-corrected chi connectivity index (χ3v) is 9.04. The van der Waals surface area contributed by atoms with Crippen LogP contribution in [0.25, 0.3) is 0 Å². The van der Waals surface area contributed by atoms with Gasteiger partial charge < -0.3 is 26.3 Å².